The van der Waals surface area contributed by atoms with Crippen molar-refractivity contribution in [2.45, 2.75) is 64.3 Å². The lowest BCUT2D eigenvalue weighted by Gasteiger charge is -2.38. The number of urea groups is 1. The molecule has 2 unspecified atom stereocenters. The highest BCUT2D eigenvalue weighted by molar-refractivity contribution is 6.00. The summed E-state index contributed by atoms with van der Waals surface area (Å²) in [4.78, 5) is 38.6. The Morgan fingerprint density at radius 3 is 2.62 bits per heavy atom. The molecule has 0 radical (unpaired) electrons. The Labute approximate surface area is 143 Å². The lowest BCUT2D eigenvalue weighted by atomic mass is 9.81. The minimum Gasteiger partial charge on any atom is -0.339 e. The highest BCUT2D eigenvalue weighted by atomic mass is 16.2. The summed E-state index contributed by atoms with van der Waals surface area (Å²) < 4.78 is 0. The molecule has 3 rings (SSSR count). The van der Waals surface area contributed by atoms with Crippen LogP contribution in [0.2, 0.25) is 0 Å². The molecule has 3 aliphatic rings. The van der Waals surface area contributed by atoms with E-state index < -0.39 is 11.6 Å². The number of hydrogen-bond donors (Lipinski definition) is 2. The average molecular weight is 335 g/mol. The van der Waals surface area contributed by atoms with Gasteiger partial charge in [-0.05, 0) is 31.1 Å². The van der Waals surface area contributed by atoms with Crippen LogP contribution in [0, 0.1) is 17.8 Å². The molecule has 134 valence electrons. The van der Waals surface area contributed by atoms with Crippen LogP contribution in [0.5, 0.6) is 0 Å². The number of imide groups is 1. The van der Waals surface area contributed by atoms with Gasteiger partial charge in [0, 0.05) is 19.5 Å². The third-order valence-corrected chi connectivity index (χ3v) is 6.11. The number of nitrogens with zero attached hydrogens (tertiary/aromatic N) is 1. The van der Waals surface area contributed by atoms with E-state index in [1.165, 1.54) is 12.8 Å². The number of amides is 4. The zero-order valence-corrected chi connectivity index (χ0v) is 14.8. The molecular weight excluding hydrogens is 306 g/mol. The van der Waals surface area contributed by atoms with E-state index >= 15 is 0 Å². The second kappa shape index (κ2) is 6.73. The molecule has 0 aromatic carbocycles. The molecule has 0 bridgehead atoms. The second-order valence-electron chi connectivity index (χ2n) is 8.01. The molecule has 2 heterocycles. The molecule has 2 atom stereocenters. The molecule has 0 aromatic heterocycles. The number of fused-ring (bicyclic) bond motifs is 1. The minimum atomic E-state index is -0.578. The first-order valence-corrected chi connectivity index (χ1v) is 9.34. The van der Waals surface area contributed by atoms with Gasteiger partial charge in [0.15, 0.2) is 0 Å². The highest BCUT2D eigenvalue weighted by Gasteiger charge is 2.54. The number of nitrogens with one attached hydrogen (secondary N) is 2. The zero-order valence-electron chi connectivity index (χ0n) is 14.8. The molecule has 3 fully saturated rings. The van der Waals surface area contributed by atoms with E-state index in [0.29, 0.717) is 25.4 Å². The van der Waals surface area contributed by atoms with Gasteiger partial charge in [-0.2, -0.15) is 0 Å². The Hall–Kier alpha value is -1.59. The van der Waals surface area contributed by atoms with Crippen LogP contribution >= 0.6 is 0 Å². The maximum absolute atomic E-state index is 12.8. The molecule has 24 heavy (non-hydrogen) atoms. The normalized spacial score (nSPS) is 36.1. The van der Waals surface area contributed by atoms with Crippen LogP contribution in [-0.4, -0.2) is 41.4 Å². The van der Waals surface area contributed by atoms with E-state index in [9.17, 15) is 14.4 Å². The van der Waals surface area contributed by atoms with Crippen LogP contribution in [0.15, 0.2) is 0 Å². The van der Waals surface area contributed by atoms with E-state index in [0.717, 1.165) is 31.6 Å². The summed E-state index contributed by atoms with van der Waals surface area (Å²) in [5, 5.41) is 5.31. The minimum absolute atomic E-state index is 0.140. The van der Waals surface area contributed by atoms with Gasteiger partial charge in [0.1, 0.15) is 0 Å². The van der Waals surface area contributed by atoms with E-state index in [1.54, 1.807) is 0 Å². The lowest BCUT2D eigenvalue weighted by Crippen LogP contribution is -2.66. The Morgan fingerprint density at radius 1 is 1.25 bits per heavy atom. The van der Waals surface area contributed by atoms with Crippen LogP contribution in [0.4, 0.5) is 4.79 Å². The van der Waals surface area contributed by atoms with Gasteiger partial charge in [-0.3, -0.25) is 14.9 Å². The van der Waals surface area contributed by atoms with E-state index in [2.05, 4.69) is 17.6 Å². The summed E-state index contributed by atoms with van der Waals surface area (Å²) in [6.07, 6.45) is 6.84. The molecule has 1 aliphatic carbocycles. The van der Waals surface area contributed by atoms with Gasteiger partial charge < -0.3 is 10.2 Å². The van der Waals surface area contributed by atoms with Crippen LogP contribution in [0.3, 0.4) is 0 Å². The summed E-state index contributed by atoms with van der Waals surface area (Å²) >= 11 is 0. The van der Waals surface area contributed by atoms with Gasteiger partial charge in [-0.1, -0.05) is 33.1 Å². The molecule has 6 nitrogen and oxygen atoms in total. The van der Waals surface area contributed by atoms with Gasteiger partial charge in [0.25, 0.3) is 0 Å². The van der Waals surface area contributed by atoms with Crippen LogP contribution in [0.1, 0.15) is 58.8 Å². The monoisotopic (exact) mass is 335 g/mol. The third-order valence-electron chi connectivity index (χ3n) is 6.11. The lowest BCUT2D eigenvalue weighted by molar-refractivity contribution is -0.131. The zero-order chi connectivity index (χ0) is 17.3. The number of likely N-dealkylation sites (tertiary alicyclic amines) is 1. The molecule has 2 aliphatic heterocycles. The van der Waals surface area contributed by atoms with Crippen molar-refractivity contribution in [3.05, 3.63) is 0 Å². The summed E-state index contributed by atoms with van der Waals surface area (Å²) in [5.74, 6) is 0.820. The van der Waals surface area contributed by atoms with Gasteiger partial charge in [-0.15, -0.1) is 0 Å². The van der Waals surface area contributed by atoms with Crippen LogP contribution < -0.4 is 10.6 Å². The quantitative estimate of drug-likeness (QED) is 0.825. The van der Waals surface area contributed by atoms with Crippen molar-refractivity contribution in [1.29, 1.82) is 0 Å². The van der Waals surface area contributed by atoms with E-state index in [-0.39, 0.29) is 17.7 Å². The summed E-state index contributed by atoms with van der Waals surface area (Å²) in [6, 6.07) is -0.430. The fourth-order valence-electron chi connectivity index (χ4n) is 4.69. The molecule has 2 N–H and O–H groups in total. The van der Waals surface area contributed by atoms with Gasteiger partial charge in [-0.25, -0.2) is 4.79 Å². The van der Waals surface area contributed by atoms with Crippen molar-refractivity contribution in [3.8, 4) is 0 Å². The Balaban J connectivity index is 1.66. The van der Waals surface area contributed by atoms with Gasteiger partial charge >= 0.3 is 6.03 Å². The van der Waals surface area contributed by atoms with Crippen molar-refractivity contribution in [1.82, 2.24) is 15.5 Å². The Kier molecular flexibility index (Phi) is 4.83. The molecular formula is C18H29N3O3. The first kappa shape index (κ1) is 17.2. The molecule has 1 saturated carbocycles. The van der Waals surface area contributed by atoms with E-state index in [1.807, 2.05) is 11.8 Å². The van der Waals surface area contributed by atoms with Crippen LogP contribution in [-0.2, 0) is 9.59 Å². The van der Waals surface area contributed by atoms with Crippen molar-refractivity contribution in [2.24, 2.45) is 17.8 Å². The first-order valence-electron chi connectivity index (χ1n) is 9.34. The predicted molar refractivity (Wildman–Crippen MR) is 90.1 cm³/mol. The van der Waals surface area contributed by atoms with Crippen molar-refractivity contribution < 1.29 is 14.4 Å². The number of hydrogen-bond acceptors (Lipinski definition) is 3. The van der Waals surface area contributed by atoms with Gasteiger partial charge in [0.05, 0.1) is 11.5 Å². The third kappa shape index (κ3) is 3.28. The van der Waals surface area contributed by atoms with Crippen molar-refractivity contribution in [3.63, 3.8) is 0 Å². The SMILES string of the molecule is CCCC12CN(C(=O)CC3CCC(C)CC3)CC1C(=O)NC(=O)N2. The van der Waals surface area contributed by atoms with Crippen molar-refractivity contribution in [2.75, 3.05) is 13.1 Å². The fraction of sp³-hybridized carbons (Fsp3) is 0.833. The number of carbonyl (C=O) groups excluding carboxylic acids is 3. The number of carbonyl (C=O) groups is 3. The summed E-state index contributed by atoms with van der Waals surface area (Å²) in [5.41, 5.74) is -0.578. The maximum Gasteiger partial charge on any atom is 0.321 e. The summed E-state index contributed by atoms with van der Waals surface area (Å²) in [6.45, 7) is 5.21. The standard InChI is InChI=1S/C18H29N3O3/c1-3-8-18-11-21(10-14(18)16(23)19-17(24)20-18)15(22)9-13-6-4-12(2)5-7-13/h12-14H,3-11H2,1-2H3,(H2,19,20,23,24). The second-order valence-corrected chi connectivity index (χ2v) is 8.01. The number of rotatable bonds is 4. The average Bonchev–Trinajstić information content (AvgIpc) is 2.89. The van der Waals surface area contributed by atoms with Crippen molar-refractivity contribution >= 4 is 17.8 Å². The van der Waals surface area contributed by atoms with E-state index in [4.69, 9.17) is 0 Å². The molecule has 2 saturated heterocycles. The maximum atomic E-state index is 12.8. The Morgan fingerprint density at radius 2 is 1.96 bits per heavy atom. The topological polar surface area (TPSA) is 78.5 Å². The molecule has 0 spiro atoms. The fourth-order valence-corrected chi connectivity index (χ4v) is 4.69. The smallest absolute Gasteiger partial charge is 0.321 e. The largest absolute Gasteiger partial charge is 0.339 e. The highest BCUT2D eigenvalue weighted by Crippen LogP contribution is 2.36. The molecule has 6 heteroatoms. The predicted octanol–water partition coefficient (Wildman–Crippen LogP) is 2.04. The van der Waals surface area contributed by atoms with Crippen LogP contribution in [0.25, 0.3) is 0 Å². The molecule has 0 aromatic rings. The summed E-state index contributed by atoms with van der Waals surface area (Å²) in [7, 11) is 0. The van der Waals surface area contributed by atoms with Gasteiger partial charge in [0.2, 0.25) is 11.8 Å². The first-order chi connectivity index (χ1) is 11.4. The Bertz CT molecular complexity index is 528. The molecule has 4 amide bonds.